The highest BCUT2D eigenvalue weighted by Gasteiger charge is 2.53. The van der Waals surface area contributed by atoms with Crippen molar-refractivity contribution in [3.05, 3.63) is 35.6 Å². The van der Waals surface area contributed by atoms with Gasteiger partial charge in [0.25, 0.3) is 0 Å². The first-order chi connectivity index (χ1) is 9.53. The molecule has 1 aliphatic carbocycles. The van der Waals surface area contributed by atoms with Gasteiger partial charge >= 0.3 is 0 Å². The molecule has 1 saturated carbocycles. The molecule has 1 aromatic rings. The van der Waals surface area contributed by atoms with Gasteiger partial charge in [-0.1, -0.05) is 19.1 Å². The van der Waals surface area contributed by atoms with Crippen LogP contribution >= 0.6 is 0 Å². The van der Waals surface area contributed by atoms with Gasteiger partial charge in [-0.15, -0.1) is 0 Å². The number of aliphatic hydroxyl groups excluding tert-OH is 1. The van der Waals surface area contributed by atoms with E-state index in [-0.39, 0.29) is 17.6 Å². The van der Waals surface area contributed by atoms with Crippen LogP contribution in [0.1, 0.15) is 31.7 Å². The Bertz CT molecular complexity index is 510. The molecule has 1 heterocycles. The van der Waals surface area contributed by atoms with E-state index in [0.717, 1.165) is 24.8 Å². The second-order valence-corrected chi connectivity index (χ2v) is 6.17. The molecule has 2 unspecified atom stereocenters. The van der Waals surface area contributed by atoms with E-state index in [1.807, 2.05) is 6.92 Å². The van der Waals surface area contributed by atoms with Gasteiger partial charge in [-0.2, -0.15) is 0 Å². The third-order valence-corrected chi connectivity index (χ3v) is 4.76. The van der Waals surface area contributed by atoms with Gasteiger partial charge in [0.15, 0.2) is 0 Å². The minimum Gasteiger partial charge on any atom is -0.391 e. The zero-order chi connectivity index (χ0) is 14.3. The van der Waals surface area contributed by atoms with Crippen molar-refractivity contribution in [2.75, 3.05) is 13.1 Å². The highest BCUT2D eigenvalue weighted by atomic mass is 19.1. The van der Waals surface area contributed by atoms with Crippen molar-refractivity contribution in [3.8, 4) is 0 Å². The average Bonchev–Trinajstić information content (AvgIpc) is 3.23. The van der Waals surface area contributed by atoms with Crippen molar-refractivity contribution < 1.29 is 14.3 Å². The van der Waals surface area contributed by atoms with Crippen molar-refractivity contribution in [2.24, 2.45) is 5.92 Å². The van der Waals surface area contributed by atoms with E-state index in [1.165, 1.54) is 12.1 Å². The lowest BCUT2D eigenvalue weighted by molar-refractivity contribution is -0.138. The standard InChI is InChI=1S/C16H20FNO2/c1-11-6-9-18(10-14(11)19)15(20)16(7-8-16)12-2-4-13(17)5-3-12/h2-5,11,14,19H,6-10H2,1H3. The Morgan fingerprint density at radius 1 is 1.35 bits per heavy atom. The lowest BCUT2D eigenvalue weighted by atomic mass is 9.91. The molecule has 1 aromatic carbocycles. The molecule has 1 amide bonds. The van der Waals surface area contributed by atoms with Crippen LogP contribution in [0.5, 0.6) is 0 Å². The topological polar surface area (TPSA) is 40.5 Å². The molecule has 2 atom stereocenters. The number of hydrogen-bond acceptors (Lipinski definition) is 2. The second-order valence-electron chi connectivity index (χ2n) is 6.17. The van der Waals surface area contributed by atoms with Gasteiger partial charge < -0.3 is 10.0 Å². The van der Waals surface area contributed by atoms with Crippen molar-refractivity contribution in [3.63, 3.8) is 0 Å². The minimum atomic E-state index is -0.464. The van der Waals surface area contributed by atoms with Crippen molar-refractivity contribution in [2.45, 2.75) is 37.7 Å². The number of hydrogen-bond donors (Lipinski definition) is 1. The Kier molecular flexibility index (Phi) is 3.28. The Hall–Kier alpha value is -1.42. The van der Waals surface area contributed by atoms with Crippen LogP contribution in [-0.4, -0.2) is 35.1 Å². The molecule has 3 rings (SSSR count). The molecule has 0 radical (unpaired) electrons. The van der Waals surface area contributed by atoms with E-state index >= 15 is 0 Å². The molecule has 1 N–H and O–H groups in total. The lowest BCUT2D eigenvalue weighted by Gasteiger charge is -2.36. The van der Waals surface area contributed by atoms with Gasteiger partial charge in [0.05, 0.1) is 11.5 Å². The third-order valence-electron chi connectivity index (χ3n) is 4.76. The van der Waals surface area contributed by atoms with Crippen LogP contribution in [0.15, 0.2) is 24.3 Å². The monoisotopic (exact) mass is 277 g/mol. The lowest BCUT2D eigenvalue weighted by Crippen LogP contribution is -2.49. The Labute approximate surface area is 118 Å². The van der Waals surface area contributed by atoms with Crippen LogP contribution in [0.4, 0.5) is 4.39 Å². The largest absolute Gasteiger partial charge is 0.391 e. The summed E-state index contributed by atoms with van der Waals surface area (Å²) in [5, 5.41) is 9.95. The van der Waals surface area contributed by atoms with Gasteiger partial charge in [-0.05, 0) is 42.9 Å². The maximum atomic E-state index is 13.0. The number of carbonyl (C=O) groups excluding carboxylic acids is 1. The first-order valence-corrected chi connectivity index (χ1v) is 7.26. The molecule has 1 aliphatic heterocycles. The summed E-state index contributed by atoms with van der Waals surface area (Å²) in [7, 11) is 0. The van der Waals surface area contributed by atoms with Crippen molar-refractivity contribution in [1.29, 1.82) is 0 Å². The first-order valence-electron chi connectivity index (χ1n) is 7.26. The number of nitrogens with zero attached hydrogens (tertiary/aromatic N) is 1. The summed E-state index contributed by atoms with van der Waals surface area (Å²) in [5.41, 5.74) is 0.436. The van der Waals surface area contributed by atoms with Crippen molar-refractivity contribution in [1.82, 2.24) is 4.90 Å². The number of carbonyl (C=O) groups is 1. The fourth-order valence-electron chi connectivity index (χ4n) is 3.06. The molecule has 2 aliphatic rings. The average molecular weight is 277 g/mol. The Balaban J connectivity index is 1.78. The molecule has 4 heteroatoms. The number of likely N-dealkylation sites (tertiary alicyclic amines) is 1. The first kappa shape index (κ1) is 13.6. The SMILES string of the molecule is CC1CCN(C(=O)C2(c3ccc(F)cc3)CC2)CC1O. The molecule has 20 heavy (non-hydrogen) atoms. The summed E-state index contributed by atoms with van der Waals surface area (Å²) in [6.07, 6.45) is 2.04. The van der Waals surface area contributed by atoms with Crippen LogP contribution in [-0.2, 0) is 10.2 Å². The van der Waals surface area contributed by atoms with E-state index in [2.05, 4.69) is 0 Å². The highest BCUT2D eigenvalue weighted by Crippen LogP contribution is 2.50. The van der Waals surface area contributed by atoms with Gasteiger partial charge in [0, 0.05) is 13.1 Å². The van der Waals surface area contributed by atoms with Crippen LogP contribution in [0.3, 0.4) is 0 Å². The molecule has 3 nitrogen and oxygen atoms in total. The van der Waals surface area contributed by atoms with Crippen LogP contribution in [0.25, 0.3) is 0 Å². The fourth-order valence-corrected chi connectivity index (χ4v) is 3.06. The fraction of sp³-hybridized carbons (Fsp3) is 0.562. The van der Waals surface area contributed by atoms with Crippen LogP contribution in [0.2, 0.25) is 0 Å². The molecular formula is C16H20FNO2. The summed E-state index contributed by atoms with van der Waals surface area (Å²) in [6.45, 7) is 3.14. The van der Waals surface area contributed by atoms with Gasteiger partial charge in [0.1, 0.15) is 5.82 Å². The molecule has 0 aromatic heterocycles. The number of β-amino-alcohol motifs (C(OH)–C–C–N with tert-alkyl or cyclic N) is 1. The summed E-state index contributed by atoms with van der Waals surface area (Å²) in [5.74, 6) is 0.0642. The van der Waals surface area contributed by atoms with E-state index in [0.29, 0.717) is 13.1 Å². The minimum absolute atomic E-state index is 0.0926. The number of amides is 1. The summed E-state index contributed by atoms with van der Waals surface area (Å²) >= 11 is 0. The number of halogens is 1. The normalized spacial score (nSPS) is 28.2. The number of benzene rings is 1. The Morgan fingerprint density at radius 2 is 2.00 bits per heavy atom. The van der Waals surface area contributed by atoms with E-state index in [4.69, 9.17) is 0 Å². The van der Waals surface area contributed by atoms with Crippen molar-refractivity contribution >= 4 is 5.91 Å². The van der Waals surface area contributed by atoms with E-state index < -0.39 is 11.5 Å². The highest BCUT2D eigenvalue weighted by molar-refractivity contribution is 5.91. The van der Waals surface area contributed by atoms with E-state index in [1.54, 1.807) is 17.0 Å². The molecule has 2 fully saturated rings. The van der Waals surface area contributed by atoms with Crippen LogP contribution < -0.4 is 0 Å². The van der Waals surface area contributed by atoms with Gasteiger partial charge in [0.2, 0.25) is 5.91 Å². The number of aliphatic hydroxyl groups is 1. The predicted molar refractivity (Wildman–Crippen MR) is 73.7 cm³/mol. The third kappa shape index (κ3) is 2.22. The molecule has 0 spiro atoms. The second kappa shape index (κ2) is 4.85. The zero-order valence-corrected chi connectivity index (χ0v) is 11.7. The maximum absolute atomic E-state index is 13.0. The zero-order valence-electron chi connectivity index (χ0n) is 11.7. The summed E-state index contributed by atoms with van der Waals surface area (Å²) < 4.78 is 13.0. The molecule has 1 saturated heterocycles. The molecular weight excluding hydrogens is 257 g/mol. The number of piperidine rings is 1. The summed E-state index contributed by atoms with van der Waals surface area (Å²) in [6, 6.07) is 6.25. The maximum Gasteiger partial charge on any atom is 0.233 e. The predicted octanol–water partition coefficient (Wildman–Crippen LogP) is 2.09. The smallest absolute Gasteiger partial charge is 0.233 e. The molecule has 108 valence electrons. The van der Waals surface area contributed by atoms with E-state index in [9.17, 15) is 14.3 Å². The summed E-state index contributed by atoms with van der Waals surface area (Å²) in [4.78, 5) is 14.5. The molecule has 0 bridgehead atoms. The van der Waals surface area contributed by atoms with Crippen LogP contribution in [0, 0.1) is 11.7 Å². The number of rotatable bonds is 2. The van der Waals surface area contributed by atoms with Gasteiger partial charge in [-0.3, -0.25) is 4.79 Å². The quantitative estimate of drug-likeness (QED) is 0.899. The van der Waals surface area contributed by atoms with Gasteiger partial charge in [-0.25, -0.2) is 4.39 Å². The Morgan fingerprint density at radius 3 is 2.55 bits per heavy atom.